The van der Waals surface area contributed by atoms with Gasteiger partial charge in [0.2, 0.25) is 0 Å². The van der Waals surface area contributed by atoms with Crippen molar-refractivity contribution in [3.63, 3.8) is 0 Å². The van der Waals surface area contributed by atoms with Crippen molar-refractivity contribution < 1.29 is 15.0 Å². The SMILES string of the molecule is CC(=O)[C@@]1(O)CC[C@H]2[C@@H]3C=CC4=CC(O)C=C[C@]4(C)[C@H]3CC[C@@]21C. The van der Waals surface area contributed by atoms with E-state index in [1.54, 1.807) is 6.92 Å². The van der Waals surface area contributed by atoms with Crippen LogP contribution in [-0.4, -0.2) is 27.7 Å². The topological polar surface area (TPSA) is 57.5 Å². The lowest BCUT2D eigenvalue weighted by molar-refractivity contribution is -0.155. The first kappa shape index (κ1) is 16.3. The molecule has 3 nitrogen and oxygen atoms in total. The van der Waals surface area contributed by atoms with Crippen LogP contribution in [0.4, 0.5) is 0 Å². The summed E-state index contributed by atoms with van der Waals surface area (Å²) in [4.78, 5) is 12.2. The quantitative estimate of drug-likeness (QED) is 0.727. The summed E-state index contributed by atoms with van der Waals surface area (Å²) in [5.41, 5.74) is -0.315. The first-order valence-corrected chi connectivity index (χ1v) is 9.24. The molecule has 0 heterocycles. The molecule has 0 saturated heterocycles. The van der Waals surface area contributed by atoms with Gasteiger partial charge in [-0.3, -0.25) is 4.79 Å². The zero-order valence-electron chi connectivity index (χ0n) is 14.8. The monoisotopic (exact) mass is 328 g/mol. The first-order valence-electron chi connectivity index (χ1n) is 9.24. The number of aliphatic hydroxyl groups is 2. The van der Waals surface area contributed by atoms with Gasteiger partial charge < -0.3 is 10.2 Å². The highest BCUT2D eigenvalue weighted by molar-refractivity contribution is 5.86. The Labute approximate surface area is 144 Å². The molecule has 130 valence electrons. The van der Waals surface area contributed by atoms with Crippen molar-refractivity contribution in [3.8, 4) is 0 Å². The minimum atomic E-state index is -1.16. The van der Waals surface area contributed by atoms with E-state index in [1.165, 1.54) is 5.57 Å². The molecule has 7 atom stereocenters. The molecular formula is C21H28O3. The maximum absolute atomic E-state index is 12.2. The Morgan fingerprint density at radius 2 is 1.88 bits per heavy atom. The van der Waals surface area contributed by atoms with Crippen LogP contribution in [0.1, 0.15) is 46.5 Å². The highest BCUT2D eigenvalue weighted by atomic mass is 16.3. The van der Waals surface area contributed by atoms with E-state index in [4.69, 9.17) is 0 Å². The highest BCUT2D eigenvalue weighted by Crippen LogP contribution is 2.65. The fourth-order valence-electron chi connectivity index (χ4n) is 6.36. The van der Waals surface area contributed by atoms with Crippen molar-refractivity contribution in [3.05, 3.63) is 36.0 Å². The molecule has 4 aliphatic carbocycles. The summed E-state index contributed by atoms with van der Waals surface area (Å²) in [5.74, 6) is 1.14. The van der Waals surface area contributed by atoms with E-state index in [2.05, 4.69) is 32.1 Å². The average molecular weight is 328 g/mol. The second-order valence-corrected chi connectivity index (χ2v) is 8.82. The molecule has 24 heavy (non-hydrogen) atoms. The lowest BCUT2D eigenvalue weighted by atomic mass is 9.49. The third-order valence-corrected chi connectivity index (χ3v) is 7.95. The number of hydrogen-bond acceptors (Lipinski definition) is 3. The van der Waals surface area contributed by atoms with E-state index in [-0.39, 0.29) is 16.6 Å². The summed E-state index contributed by atoms with van der Waals surface area (Å²) >= 11 is 0. The predicted molar refractivity (Wildman–Crippen MR) is 93.2 cm³/mol. The lowest BCUT2D eigenvalue weighted by Crippen LogP contribution is -2.56. The molecule has 0 spiro atoms. The number of carbonyl (C=O) groups excluding carboxylic acids is 1. The van der Waals surface area contributed by atoms with Crippen LogP contribution in [0.2, 0.25) is 0 Å². The van der Waals surface area contributed by atoms with E-state index in [0.29, 0.717) is 24.2 Å². The molecule has 2 saturated carbocycles. The van der Waals surface area contributed by atoms with Gasteiger partial charge in [-0.1, -0.05) is 38.2 Å². The maximum Gasteiger partial charge on any atom is 0.161 e. The molecule has 4 aliphatic rings. The summed E-state index contributed by atoms with van der Waals surface area (Å²) in [7, 11) is 0. The Bertz CT molecular complexity index is 675. The molecule has 0 aliphatic heterocycles. The molecule has 2 N–H and O–H groups in total. The van der Waals surface area contributed by atoms with Gasteiger partial charge in [-0.05, 0) is 62.0 Å². The normalized spacial score (nSPS) is 52.3. The van der Waals surface area contributed by atoms with Gasteiger partial charge >= 0.3 is 0 Å². The Morgan fingerprint density at radius 3 is 2.58 bits per heavy atom. The molecule has 0 aromatic carbocycles. The second-order valence-electron chi connectivity index (χ2n) is 8.82. The zero-order valence-corrected chi connectivity index (χ0v) is 14.8. The van der Waals surface area contributed by atoms with E-state index >= 15 is 0 Å². The second kappa shape index (κ2) is 4.92. The third kappa shape index (κ3) is 1.83. The van der Waals surface area contributed by atoms with Crippen molar-refractivity contribution in [1.29, 1.82) is 0 Å². The van der Waals surface area contributed by atoms with Gasteiger partial charge in [0.25, 0.3) is 0 Å². The first-order chi connectivity index (χ1) is 11.2. The largest absolute Gasteiger partial charge is 0.385 e. The average Bonchev–Trinajstić information content (AvgIpc) is 2.81. The van der Waals surface area contributed by atoms with Crippen LogP contribution in [0.5, 0.6) is 0 Å². The van der Waals surface area contributed by atoms with Gasteiger partial charge in [0.05, 0.1) is 6.10 Å². The Hall–Kier alpha value is -1.19. The molecule has 0 amide bonds. The van der Waals surface area contributed by atoms with Crippen LogP contribution >= 0.6 is 0 Å². The molecular weight excluding hydrogens is 300 g/mol. The van der Waals surface area contributed by atoms with E-state index in [1.807, 2.05) is 12.2 Å². The minimum absolute atomic E-state index is 0.0447. The number of fused-ring (bicyclic) bond motifs is 5. The Morgan fingerprint density at radius 1 is 1.17 bits per heavy atom. The number of allylic oxidation sites excluding steroid dienone is 4. The van der Waals surface area contributed by atoms with Crippen molar-refractivity contribution in [2.24, 2.45) is 28.6 Å². The number of aliphatic hydroxyl groups excluding tert-OH is 1. The summed E-state index contributed by atoms with van der Waals surface area (Å²) in [5, 5.41) is 21.0. The Balaban J connectivity index is 1.75. The standard InChI is InChI=1S/C21H28O3/c1-13(22)21(24)11-8-18-16-5-4-14-12-15(23)6-9-19(14,2)17(16)7-10-20(18,21)3/h4-6,9,12,15-18,23-24H,7-8,10-11H2,1-3H3/t15?,16-,17+,18+,19+,20+,21+/m1/s1. The minimum Gasteiger partial charge on any atom is -0.385 e. The van der Waals surface area contributed by atoms with Gasteiger partial charge in [-0.25, -0.2) is 0 Å². The van der Waals surface area contributed by atoms with Gasteiger partial charge in [-0.2, -0.15) is 0 Å². The number of Topliss-reactive ketones (excluding diaryl/α,β-unsaturated/α-hetero) is 1. The predicted octanol–water partition coefficient (Wildman–Crippen LogP) is 3.18. The number of rotatable bonds is 1. The van der Waals surface area contributed by atoms with Gasteiger partial charge in [0.15, 0.2) is 5.78 Å². The molecule has 1 unspecified atom stereocenters. The number of ketones is 1. The van der Waals surface area contributed by atoms with Crippen LogP contribution in [0.15, 0.2) is 36.0 Å². The van der Waals surface area contributed by atoms with Crippen LogP contribution in [-0.2, 0) is 4.79 Å². The van der Waals surface area contributed by atoms with E-state index < -0.39 is 11.7 Å². The molecule has 0 radical (unpaired) electrons. The fraction of sp³-hybridized carbons (Fsp3) is 0.667. The van der Waals surface area contributed by atoms with Crippen LogP contribution in [0.25, 0.3) is 0 Å². The van der Waals surface area contributed by atoms with Crippen LogP contribution < -0.4 is 0 Å². The maximum atomic E-state index is 12.2. The van der Waals surface area contributed by atoms with E-state index in [9.17, 15) is 15.0 Å². The van der Waals surface area contributed by atoms with Crippen LogP contribution in [0, 0.1) is 28.6 Å². The van der Waals surface area contributed by atoms with Crippen molar-refractivity contribution in [2.75, 3.05) is 0 Å². The van der Waals surface area contributed by atoms with Gasteiger partial charge in [0, 0.05) is 10.8 Å². The van der Waals surface area contributed by atoms with E-state index in [0.717, 1.165) is 19.3 Å². The van der Waals surface area contributed by atoms with Gasteiger partial charge in [0.1, 0.15) is 5.60 Å². The molecule has 0 bridgehead atoms. The van der Waals surface area contributed by atoms with Crippen molar-refractivity contribution in [2.45, 2.75) is 58.2 Å². The summed E-state index contributed by atoms with van der Waals surface area (Å²) in [6.45, 7) is 5.95. The fourth-order valence-corrected chi connectivity index (χ4v) is 6.36. The molecule has 0 aromatic heterocycles. The highest BCUT2D eigenvalue weighted by Gasteiger charge is 2.64. The molecule has 3 heteroatoms. The summed E-state index contributed by atoms with van der Waals surface area (Å²) in [6.07, 6.45) is 13.4. The smallest absolute Gasteiger partial charge is 0.161 e. The summed E-state index contributed by atoms with van der Waals surface area (Å²) in [6, 6.07) is 0. The number of hydrogen-bond donors (Lipinski definition) is 2. The molecule has 0 aromatic rings. The third-order valence-electron chi connectivity index (χ3n) is 7.95. The molecule has 4 rings (SSSR count). The van der Waals surface area contributed by atoms with Crippen molar-refractivity contribution in [1.82, 2.24) is 0 Å². The van der Waals surface area contributed by atoms with Crippen LogP contribution in [0.3, 0.4) is 0 Å². The lowest BCUT2D eigenvalue weighted by Gasteiger charge is -2.56. The Kier molecular flexibility index (Phi) is 3.34. The van der Waals surface area contributed by atoms with Crippen molar-refractivity contribution >= 4 is 5.78 Å². The zero-order chi connectivity index (χ0) is 17.3. The van der Waals surface area contributed by atoms with Gasteiger partial charge in [-0.15, -0.1) is 0 Å². The molecule has 2 fully saturated rings. The number of carbonyl (C=O) groups is 1. The summed E-state index contributed by atoms with van der Waals surface area (Å²) < 4.78 is 0.